The van der Waals surface area contributed by atoms with E-state index in [0.29, 0.717) is 24.0 Å². The zero-order valence-corrected chi connectivity index (χ0v) is 11.0. The van der Waals surface area contributed by atoms with Gasteiger partial charge < -0.3 is 9.47 Å². The van der Waals surface area contributed by atoms with Gasteiger partial charge in [-0.3, -0.25) is 4.89 Å². The van der Waals surface area contributed by atoms with Crippen molar-refractivity contribution in [1.29, 1.82) is 0 Å². The average Bonchev–Trinajstić information content (AvgIpc) is 2.42. The lowest BCUT2D eigenvalue weighted by Gasteiger charge is -2.12. The van der Waals surface area contributed by atoms with Crippen LogP contribution in [0.5, 0.6) is 11.5 Å². The second-order valence-electron chi connectivity index (χ2n) is 3.55. The highest BCUT2D eigenvalue weighted by Crippen LogP contribution is 2.31. The summed E-state index contributed by atoms with van der Waals surface area (Å²) in [7, 11) is 2.96. The molecule has 0 spiro atoms. The summed E-state index contributed by atoms with van der Waals surface area (Å²) in [6.07, 6.45) is 1.29. The topological polar surface area (TPSA) is 54.0 Å². The quantitative estimate of drug-likeness (QED) is 0.576. The van der Waals surface area contributed by atoms with Gasteiger partial charge in [-0.25, -0.2) is 4.79 Å². The number of hydrogen-bond acceptors (Lipinski definition) is 5. The molecule has 1 aromatic rings. The zero-order valence-electron chi connectivity index (χ0n) is 11.0. The Morgan fingerprint density at radius 3 is 2.44 bits per heavy atom. The van der Waals surface area contributed by atoms with Crippen LogP contribution in [0.25, 0.3) is 0 Å². The molecule has 1 radical (unpaired) electrons. The van der Waals surface area contributed by atoms with Crippen LogP contribution in [0.15, 0.2) is 18.2 Å². The van der Waals surface area contributed by atoms with Gasteiger partial charge in [0.15, 0.2) is 11.5 Å². The standard InChI is InChI=1S/C13H17O5/c1-5-9(2)17-18-13(14)10-7-6-8-11(15-3)12(10)16-4/h6-8H,5H2,1-4H3. The SMILES string of the molecule is CC[C](C)OOC(=O)c1cccc(OC)c1OC. The molecular formula is C13H17O5. The van der Waals surface area contributed by atoms with E-state index in [9.17, 15) is 4.79 Å². The second kappa shape index (κ2) is 6.86. The highest BCUT2D eigenvalue weighted by Gasteiger charge is 2.19. The summed E-state index contributed by atoms with van der Waals surface area (Å²) in [6.45, 7) is 3.63. The summed E-state index contributed by atoms with van der Waals surface area (Å²) >= 11 is 0. The van der Waals surface area contributed by atoms with E-state index in [0.717, 1.165) is 0 Å². The first-order valence-corrected chi connectivity index (χ1v) is 5.56. The van der Waals surface area contributed by atoms with Crippen molar-refractivity contribution < 1.29 is 24.0 Å². The van der Waals surface area contributed by atoms with Gasteiger partial charge >= 0.3 is 5.97 Å². The monoisotopic (exact) mass is 253 g/mol. The molecule has 0 aromatic heterocycles. The van der Waals surface area contributed by atoms with Crippen LogP contribution in [-0.2, 0) is 9.78 Å². The number of para-hydroxylation sites is 1. The minimum absolute atomic E-state index is 0.251. The molecule has 0 aliphatic rings. The van der Waals surface area contributed by atoms with Crippen molar-refractivity contribution in [3.8, 4) is 11.5 Å². The summed E-state index contributed by atoms with van der Waals surface area (Å²) in [5.41, 5.74) is 0.251. The molecule has 18 heavy (non-hydrogen) atoms. The Labute approximate surface area is 107 Å². The molecule has 0 amide bonds. The number of rotatable bonds is 6. The van der Waals surface area contributed by atoms with Gasteiger partial charge in [0.05, 0.1) is 14.2 Å². The number of methoxy groups -OCH3 is 2. The van der Waals surface area contributed by atoms with Crippen molar-refractivity contribution in [3.63, 3.8) is 0 Å². The van der Waals surface area contributed by atoms with E-state index in [1.54, 1.807) is 25.1 Å². The molecule has 99 valence electrons. The van der Waals surface area contributed by atoms with Gasteiger partial charge in [-0.2, -0.15) is 4.89 Å². The Morgan fingerprint density at radius 2 is 1.89 bits per heavy atom. The minimum Gasteiger partial charge on any atom is -0.493 e. The first-order chi connectivity index (χ1) is 8.63. The molecule has 0 saturated heterocycles. The van der Waals surface area contributed by atoms with Crippen LogP contribution >= 0.6 is 0 Å². The number of hydrogen-bond donors (Lipinski definition) is 0. The smallest absolute Gasteiger partial charge is 0.376 e. The van der Waals surface area contributed by atoms with Gasteiger partial charge in [0.1, 0.15) is 11.7 Å². The van der Waals surface area contributed by atoms with E-state index in [4.69, 9.17) is 19.2 Å². The summed E-state index contributed by atoms with van der Waals surface area (Å²) in [5.74, 6) is 0.157. The highest BCUT2D eigenvalue weighted by molar-refractivity contribution is 5.93. The molecule has 0 heterocycles. The highest BCUT2D eigenvalue weighted by atomic mass is 17.2. The van der Waals surface area contributed by atoms with Crippen molar-refractivity contribution in [2.45, 2.75) is 20.3 Å². The molecule has 0 N–H and O–H groups in total. The number of benzene rings is 1. The molecule has 1 aromatic carbocycles. The van der Waals surface area contributed by atoms with Crippen LogP contribution in [0.2, 0.25) is 0 Å². The molecular weight excluding hydrogens is 236 g/mol. The normalized spacial score (nSPS) is 10.3. The van der Waals surface area contributed by atoms with Crippen LogP contribution in [0.3, 0.4) is 0 Å². The average molecular weight is 253 g/mol. The summed E-state index contributed by atoms with van der Waals surface area (Å²) in [6, 6.07) is 4.95. The molecule has 0 fully saturated rings. The van der Waals surface area contributed by atoms with Crippen LogP contribution in [0, 0.1) is 6.10 Å². The van der Waals surface area contributed by atoms with Gasteiger partial charge in [-0.05, 0) is 25.5 Å². The van der Waals surface area contributed by atoms with Gasteiger partial charge in [-0.1, -0.05) is 13.0 Å². The Hall–Kier alpha value is -1.75. The number of carbonyl (C=O) groups excluding carboxylic acids is 1. The lowest BCUT2D eigenvalue weighted by molar-refractivity contribution is -0.232. The molecule has 0 bridgehead atoms. The lowest BCUT2D eigenvalue weighted by atomic mass is 10.2. The third-order valence-electron chi connectivity index (χ3n) is 2.38. The maximum Gasteiger partial charge on any atom is 0.376 e. The van der Waals surface area contributed by atoms with Crippen molar-refractivity contribution in [1.82, 2.24) is 0 Å². The molecule has 5 heteroatoms. The molecule has 0 saturated carbocycles. The fourth-order valence-corrected chi connectivity index (χ4v) is 1.26. The first-order valence-electron chi connectivity index (χ1n) is 5.56. The Kier molecular flexibility index (Phi) is 5.45. The van der Waals surface area contributed by atoms with E-state index in [-0.39, 0.29) is 5.56 Å². The van der Waals surface area contributed by atoms with Crippen LogP contribution in [0.4, 0.5) is 0 Å². The maximum absolute atomic E-state index is 11.8. The molecule has 1 rings (SSSR count). The van der Waals surface area contributed by atoms with Gasteiger partial charge in [0.2, 0.25) is 0 Å². The molecule has 0 aliphatic heterocycles. The summed E-state index contributed by atoms with van der Waals surface area (Å²) < 4.78 is 10.2. The van der Waals surface area contributed by atoms with E-state index in [2.05, 4.69) is 0 Å². The first kappa shape index (κ1) is 14.3. The Morgan fingerprint density at radius 1 is 1.17 bits per heavy atom. The largest absolute Gasteiger partial charge is 0.493 e. The molecule has 5 nitrogen and oxygen atoms in total. The third kappa shape index (κ3) is 3.37. The van der Waals surface area contributed by atoms with Crippen LogP contribution in [0.1, 0.15) is 30.6 Å². The maximum atomic E-state index is 11.8. The fourth-order valence-electron chi connectivity index (χ4n) is 1.26. The Bertz CT molecular complexity index is 402. The van der Waals surface area contributed by atoms with Gasteiger partial charge in [0.25, 0.3) is 0 Å². The molecule has 0 atom stereocenters. The predicted molar refractivity (Wildman–Crippen MR) is 65.3 cm³/mol. The van der Waals surface area contributed by atoms with E-state index in [1.165, 1.54) is 14.2 Å². The van der Waals surface area contributed by atoms with Gasteiger partial charge in [0, 0.05) is 0 Å². The lowest BCUT2D eigenvalue weighted by Crippen LogP contribution is -2.10. The van der Waals surface area contributed by atoms with Crippen molar-refractivity contribution >= 4 is 5.97 Å². The predicted octanol–water partition coefficient (Wildman–Crippen LogP) is 2.75. The van der Waals surface area contributed by atoms with Crippen molar-refractivity contribution in [2.75, 3.05) is 14.2 Å². The number of carbonyl (C=O) groups is 1. The van der Waals surface area contributed by atoms with E-state index in [1.807, 2.05) is 6.92 Å². The fraction of sp³-hybridized carbons (Fsp3) is 0.385. The minimum atomic E-state index is -0.626. The van der Waals surface area contributed by atoms with Gasteiger partial charge in [-0.15, -0.1) is 0 Å². The van der Waals surface area contributed by atoms with Crippen LogP contribution in [-0.4, -0.2) is 20.2 Å². The number of ether oxygens (including phenoxy) is 2. The van der Waals surface area contributed by atoms with E-state index >= 15 is 0 Å². The third-order valence-corrected chi connectivity index (χ3v) is 2.38. The summed E-state index contributed by atoms with van der Waals surface area (Å²) in [5, 5.41) is 0. The zero-order chi connectivity index (χ0) is 13.5. The summed E-state index contributed by atoms with van der Waals surface area (Å²) in [4.78, 5) is 21.4. The second-order valence-corrected chi connectivity index (χ2v) is 3.55. The van der Waals surface area contributed by atoms with Crippen LogP contribution < -0.4 is 9.47 Å². The van der Waals surface area contributed by atoms with E-state index < -0.39 is 5.97 Å². The van der Waals surface area contributed by atoms with Crippen molar-refractivity contribution in [2.24, 2.45) is 0 Å². The Balaban J connectivity index is 2.85. The van der Waals surface area contributed by atoms with Crippen molar-refractivity contribution in [3.05, 3.63) is 29.9 Å². The molecule has 0 unspecified atom stereocenters. The molecule has 0 aliphatic carbocycles.